The van der Waals surface area contributed by atoms with E-state index >= 15 is 0 Å². The number of carbonyl (C=O) groups is 2. The van der Waals surface area contributed by atoms with Crippen LogP contribution in [0.15, 0.2) is 18.2 Å². The standard InChI is InChI=1S/C15H17ClN6O5/c1-2-3-6-21-13(18-19-20-21)9-27-14(23)8-17-15(24)10-4-5-11(16)12(7-10)22(25)26/h4-5,7H,2-3,6,8-9H2,1H3,(H,17,24). The summed E-state index contributed by atoms with van der Waals surface area (Å²) < 4.78 is 6.57. The molecule has 0 aliphatic rings. The van der Waals surface area contributed by atoms with E-state index in [4.69, 9.17) is 16.3 Å². The van der Waals surface area contributed by atoms with Crippen LogP contribution in [0.1, 0.15) is 35.9 Å². The van der Waals surface area contributed by atoms with Crippen LogP contribution in [0.4, 0.5) is 5.69 Å². The van der Waals surface area contributed by atoms with Crippen molar-refractivity contribution in [3.8, 4) is 0 Å². The first kappa shape index (κ1) is 20.2. The van der Waals surface area contributed by atoms with Gasteiger partial charge in [-0.1, -0.05) is 24.9 Å². The number of aromatic nitrogens is 4. The Kier molecular flexibility index (Phi) is 7.17. The molecular formula is C15H17ClN6O5. The zero-order chi connectivity index (χ0) is 19.8. The summed E-state index contributed by atoms with van der Waals surface area (Å²) in [6.45, 7) is 2.11. The molecule has 0 aliphatic heterocycles. The van der Waals surface area contributed by atoms with Crippen LogP contribution in [0.2, 0.25) is 5.02 Å². The van der Waals surface area contributed by atoms with Crippen LogP contribution in [0.3, 0.4) is 0 Å². The third-order valence-electron chi connectivity index (χ3n) is 3.49. The van der Waals surface area contributed by atoms with Crippen molar-refractivity contribution >= 4 is 29.2 Å². The summed E-state index contributed by atoms with van der Waals surface area (Å²) in [6.07, 6.45) is 1.85. The first-order valence-corrected chi connectivity index (χ1v) is 8.43. The van der Waals surface area contributed by atoms with Crippen molar-refractivity contribution in [3.05, 3.63) is 44.7 Å². The van der Waals surface area contributed by atoms with Crippen molar-refractivity contribution in [1.82, 2.24) is 25.5 Å². The van der Waals surface area contributed by atoms with E-state index in [1.54, 1.807) is 4.68 Å². The van der Waals surface area contributed by atoms with E-state index in [-0.39, 0.29) is 17.2 Å². The van der Waals surface area contributed by atoms with E-state index in [1.807, 2.05) is 6.92 Å². The highest BCUT2D eigenvalue weighted by Crippen LogP contribution is 2.24. The number of nitrogens with one attached hydrogen (secondary N) is 1. The number of aryl methyl sites for hydroxylation is 1. The van der Waals surface area contributed by atoms with Gasteiger partial charge in [0.1, 0.15) is 11.6 Å². The average molecular weight is 397 g/mol. The largest absolute Gasteiger partial charge is 0.456 e. The number of unbranched alkanes of at least 4 members (excludes halogenated alkanes) is 1. The molecule has 12 heteroatoms. The molecule has 144 valence electrons. The zero-order valence-corrected chi connectivity index (χ0v) is 15.2. The zero-order valence-electron chi connectivity index (χ0n) is 14.4. The number of hydrogen-bond donors (Lipinski definition) is 1. The summed E-state index contributed by atoms with van der Waals surface area (Å²) in [4.78, 5) is 34.0. The van der Waals surface area contributed by atoms with Crippen molar-refractivity contribution < 1.29 is 19.2 Å². The second kappa shape index (κ2) is 9.57. The topological polar surface area (TPSA) is 142 Å². The summed E-state index contributed by atoms with van der Waals surface area (Å²) in [7, 11) is 0. The van der Waals surface area contributed by atoms with E-state index in [0.717, 1.165) is 18.9 Å². The van der Waals surface area contributed by atoms with Gasteiger partial charge in [-0.25, -0.2) is 4.68 Å². The number of nitro benzene ring substituents is 1. The maximum absolute atomic E-state index is 12.0. The number of ether oxygens (including phenoxy) is 1. The van der Waals surface area contributed by atoms with Gasteiger partial charge in [0.25, 0.3) is 11.6 Å². The van der Waals surface area contributed by atoms with Gasteiger partial charge in [0, 0.05) is 18.2 Å². The first-order valence-electron chi connectivity index (χ1n) is 8.05. The smallest absolute Gasteiger partial charge is 0.325 e. The lowest BCUT2D eigenvalue weighted by atomic mass is 10.2. The lowest BCUT2D eigenvalue weighted by molar-refractivity contribution is -0.384. The Balaban J connectivity index is 1.85. The number of tetrazole rings is 1. The molecule has 0 fully saturated rings. The SMILES string of the molecule is CCCCn1nnnc1COC(=O)CNC(=O)c1ccc(Cl)c([N+](=O)[O-])c1. The van der Waals surface area contributed by atoms with Crippen LogP contribution in [-0.2, 0) is 22.7 Å². The van der Waals surface area contributed by atoms with Gasteiger partial charge >= 0.3 is 5.97 Å². The van der Waals surface area contributed by atoms with Gasteiger partial charge in [0.05, 0.1) is 4.92 Å². The normalized spacial score (nSPS) is 10.4. The molecule has 1 N–H and O–H groups in total. The van der Waals surface area contributed by atoms with Crippen molar-refractivity contribution in [2.75, 3.05) is 6.54 Å². The predicted molar refractivity (Wildman–Crippen MR) is 93.0 cm³/mol. The highest BCUT2D eigenvalue weighted by molar-refractivity contribution is 6.32. The summed E-state index contributed by atoms with van der Waals surface area (Å²) in [5.41, 5.74) is -0.395. The molecule has 2 aromatic rings. The van der Waals surface area contributed by atoms with Crippen LogP contribution < -0.4 is 5.32 Å². The van der Waals surface area contributed by atoms with Crippen LogP contribution in [0.5, 0.6) is 0 Å². The number of rotatable bonds is 9. The molecule has 1 aromatic carbocycles. The highest BCUT2D eigenvalue weighted by Gasteiger charge is 2.17. The molecular weight excluding hydrogens is 380 g/mol. The van der Waals surface area contributed by atoms with E-state index in [1.165, 1.54) is 12.1 Å². The number of benzene rings is 1. The molecule has 1 aromatic heterocycles. The van der Waals surface area contributed by atoms with Crippen molar-refractivity contribution in [3.63, 3.8) is 0 Å². The molecule has 0 spiro atoms. The summed E-state index contributed by atoms with van der Waals surface area (Å²) >= 11 is 5.69. The third kappa shape index (κ3) is 5.71. The van der Waals surface area contributed by atoms with Crippen LogP contribution >= 0.6 is 11.6 Å². The first-order chi connectivity index (χ1) is 12.9. The minimum atomic E-state index is -0.698. The van der Waals surface area contributed by atoms with E-state index < -0.39 is 29.0 Å². The van der Waals surface area contributed by atoms with Crippen LogP contribution in [0, 0.1) is 10.1 Å². The fourth-order valence-electron chi connectivity index (χ4n) is 2.05. The number of nitrogens with zero attached hydrogens (tertiary/aromatic N) is 5. The molecule has 0 atom stereocenters. The number of halogens is 1. The monoisotopic (exact) mass is 396 g/mol. The molecule has 11 nitrogen and oxygen atoms in total. The maximum Gasteiger partial charge on any atom is 0.325 e. The van der Waals surface area contributed by atoms with Crippen molar-refractivity contribution in [2.45, 2.75) is 32.9 Å². The lowest BCUT2D eigenvalue weighted by Crippen LogP contribution is -2.30. The predicted octanol–water partition coefficient (Wildman–Crippen LogP) is 1.51. The maximum atomic E-state index is 12.0. The Morgan fingerprint density at radius 2 is 2.19 bits per heavy atom. The Labute approximate surface area is 158 Å². The molecule has 0 radical (unpaired) electrons. The summed E-state index contributed by atoms with van der Waals surface area (Å²) in [5.74, 6) is -0.965. The second-order valence-corrected chi connectivity index (χ2v) is 5.85. The molecule has 1 amide bonds. The number of esters is 1. The van der Waals surface area contributed by atoms with Crippen LogP contribution in [-0.4, -0.2) is 43.6 Å². The molecule has 27 heavy (non-hydrogen) atoms. The highest BCUT2D eigenvalue weighted by atomic mass is 35.5. The minimum absolute atomic E-state index is 0.00223. The number of carbonyl (C=O) groups excluding carboxylic acids is 2. The summed E-state index contributed by atoms with van der Waals surface area (Å²) in [5, 5.41) is 24.2. The third-order valence-corrected chi connectivity index (χ3v) is 3.81. The van der Waals surface area contributed by atoms with Gasteiger partial charge in [0.15, 0.2) is 12.4 Å². The van der Waals surface area contributed by atoms with Crippen molar-refractivity contribution in [1.29, 1.82) is 0 Å². The Morgan fingerprint density at radius 1 is 1.41 bits per heavy atom. The molecule has 0 saturated heterocycles. The quantitative estimate of drug-likeness (QED) is 0.381. The Morgan fingerprint density at radius 3 is 2.89 bits per heavy atom. The summed E-state index contributed by atoms with van der Waals surface area (Å²) in [6, 6.07) is 3.59. The van der Waals surface area contributed by atoms with Crippen LogP contribution in [0.25, 0.3) is 0 Å². The van der Waals surface area contributed by atoms with E-state index in [9.17, 15) is 19.7 Å². The van der Waals surface area contributed by atoms with Gasteiger partial charge in [0.2, 0.25) is 0 Å². The minimum Gasteiger partial charge on any atom is -0.456 e. The van der Waals surface area contributed by atoms with Gasteiger partial charge in [-0.15, -0.1) is 5.10 Å². The molecule has 0 unspecified atom stereocenters. The Hall–Kier alpha value is -3.08. The Bertz CT molecular complexity index is 840. The molecule has 0 bridgehead atoms. The number of nitro groups is 1. The molecule has 1 heterocycles. The van der Waals surface area contributed by atoms with Gasteiger partial charge in [-0.2, -0.15) is 0 Å². The molecule has 0 saturated carbocycles. The molecule has 0 aliphatic carbocycles. The second-order valence-electron chi connectivity index (χ2n) is 5.44. The fraction of sp³-hybridized carbons (Fsp3) is 0.400. The number of amides is 1. The van der Waals surface area contributed by atoms with E-state index in [2.05, 4.69) is 20.8 Å². The van der Waals surface area contributed by atoms with Crippen molar-refractivity contribution in [2.24, 2.45) is 0 Å². The van der Waals surface area contributed by atoms with E-state index in [0.29, 0.717) is 12.4 Å². The molecule has 2 rings (SSSR count). The van der Waals surface area contributed by atoms with Gasteiger partial charge < -0.3 is 10.1 Å². The lowest BCUT2D eigenvalue weighted by Gasteiger charge is -2.07. The van der Waals surface area contributed by atoms with Gasteiger partial charge in [-0.3, -0.25) is 19.7 Å². The average Bonchev–Trinajstić information content (AvgIpc) is 3.10. The van der Waals surface area contributed by atoms with Gasteiger partial charge in [-0.05, 0) is 29.0 Å². The fourth-order valence-corrected chi connectivity index (χ4v) is 2.24. The number of hydrogen-bond acceptors (Lipinski definition) is 8.